The van der Waals surface area contributed by atoms with Gasteiger partial charge in [-0.15, -0.1) is 0 Å². The molecule has 0 saturated heterocycles. The van der Waals surface area contributed by atoms with Crippen molar-refractivity contribution in [1.82, 2.24) is 4.98 Å². The minimum atomic E-state index is -0.925. The Morgan fingerprint density at radius 1 is 1.29 bits per heavy atom. The fourth-order valence-corrected chi connectivity index (χ4v) is 2.72. The Morgan fingerprint density at radius 3 is 2.54 bits per heavy atom. The van der Waals surface area contributed by atoms with Gasteiger partial charge >= 0.3 is 5.97 Å². The number of esters is 1. The SMILES string of the molecule is CC(=O)c1c(C)[nH]c(C(=O)[C@@H](C)OC(=O)CCc2ccco2)c1C. The highest BCUT2D eigenvalue weighted by Crippen LogP contribution is 2.20. The molecule has 0 spiro atoms. The van der Waals surface area contributed by atoms with Crippen molar-refractivity contribution in [3.05, 3.63) is 46.7 Å². The summed E-state index contributed by atoms with van der Waals surface area (Å²) in [5.74, 6) is -0.245. The van der Waals surface area contributed by atoms with Crippen LogP contribution >= 0.6 is 0 Å². The molecule has 2 aromatic heterocycles. The predicted octanol–water partition coefficient (Wildman–Crippen LogP) is 3.17. The van der Waals surface area contributed by atoms with Crippen molar-refractivity contribution in [3.8, 4) is 0 Å². The van der Waals surface area contributed by atoms with Crippen molar-refractivity contribution < 1.29 is 23.5 Å². The van der Waals surface area contributed by atoms with Gasteiger partial charge in [0.15, 0.2) is 11.9 Å². The summed E-state index contributed by atoms with van der Waals surface area (Å²) < 4.78 is 10.3. The molecule has 2 aromatic rings. The highest BCUT2D eigenvalue weighted by Gasteiger charge is 2.25. The Labute approximate surface area is 140 Å². The van der Waals surface area contributed by atoms with Crippen LogP contribution in [0.5, 0.6) is 0 Å². The molecule has 2 heterocycles. The summed E-state index contributed by atoms with van der Waals surface area (Å²) in [5.41, 5.74) is 2.04. The molecule has 1 N–H and O–H groups in total. The van der Waals surface area contributed by atoms with Crippen LogP contribution in [0.2, 0.25) is 0 Å². The average molecular weight is 331 g/mol. The Morgan fingerprint density at radius 2 is 2.00 bits per heavy atom. The first-order valence-corrected chi connectivity index (χ1v) is 7.77. The van der Waals surface area contributed by atoms with Crippen molar-refractivity contribution in [2.45, 2.75) is 46.6 Å². The van der Waals surface area contributed by atoms with Crippen molar-refractivity contribution in [2.75, 3.05) is 0 Å². The normalized spacial score (nSPS) is 12.0. The van der Waals surface area contributed by atoms with Gasteiger partial charge in [0, 0.05) is 17.7 Å². The van der Waals surface area contributed by atoms with E-state index in [1.165, 1.54) is 20.1 Å². The smallest absolute Gasteiger partial charge is 0.306 e. The second kappa shape index (κ2) is 7.29. The van der Waals surface area contributed by atoms with E-state index >= 15 is 0 Å². The number of H-pyrrole nitrogens is 1. The van der Waals surface area contributed by atoms with Crippen LogP contribution in [0.4, 0.5) is 0 Å². The van der Waals surface area contributed by atoms with E-state index in [2.05, 4.69) is 4.98 Å². The molecule has 0 aliphatic heterocycles. The van der Waals surface area contributed by atoms with Crippen molar-refractivity contribution in [3.63, 3.8) is 0 Å². The molecule has 0 aromatic carbocycles. The number of hydrogen-bond donors (Lipinski definition) is 1. The maximum absolute atomic E-state index is 12.5. The minimum Gasteiger partial charge on any atom is -0.469 e. The van der Waals surface area contributed by atoms with Crippen molar-refractivity contribution in [1.29, 1.82) is 0 Å². The van der Waals surface area contributed by atoms with Crippen LogP contribution in [-0.4, -0.2) is 28.6 Å². The zero-order valence-corrected chi connectivity index (χ0v) is 14.3. The number of carbonyl (C=O) groups excluding carboxylic acids is 3. The minimum absolute atomic E-state index is 0.108. The molecular weight excluding hydrogens is 310 g/mol. The van der Waals surface area contributed by atoms with E-state index in [1.807, 2.05) is 0 Å². The summed E-state index contributed by atoms with van der Waals surface area (Å²) in [7, 11) is 0. The molecule has 2 rings (SSSR count). The standard InChI is InChI=1S/C18H21NO5/c1-10-16(12(3)20)11(2)19-17(10)18(22)13(4)24-15(21)8-7-14-6-5-9-23-14/h5-6,9,13,19H,7-8H2,1-4H3/t13-/m1/s1. The van der Waals surface area contributed by atoms with Gasteiger partial charge in [-0.1, -0.05) is 0 Å². The number of carbonyl (C=O) groups is 3. The lowest BCUT2D eigenvalue weighted by molar-refractivity contribution is -0.146. The number of aromatic amines is 1. The second-order valence-electron chi connectivity index (χ2n) is 5.76. The first kappa shape index (κ1) is 17.7. The van der Waals surface area contributed by atoms with Crippen LogP contribution < -0.4 is 0 Å². The molecule has 0 radical (unpaired) electrons. The number of aromatic nitrogens is 1. The van der Waals surface area contributed by atoms with Gasteiger partial charge in [0.2, 0.25) is 5.78 Å². The molecule has 0 unspecified atom stereocenters. The Bertz CT molecular complexity index is 755. The Hall–Kier alpha value is -2.63. The lowest BCUT2D eigenvalue weighted by Crippen LogP contribution is -2.25. The molecular formula is C18H21NO5. The Kier molecular flexibility index (Phi) is 5.39. The summed E-state index contributed by atoms with van der Waals surface area (Å²) in [6, 6.07) is 3.52. The third-order valence-corrected chi connectivity index (χ3v) is 3.87. The molecule has 6 heteroatoms. The quantitative estimate of drug-likeness (QED) is 0.622. The van der Waals surface area contributed by atoms with Gasteiger partial charge in [0.1, 0.15) is 5.76 Å². The zero-order valence-electron chi connectivity index (χ0n) is 14.3. The molecule has 6 nitrogen and oxygen atoms in total. The number of rotatable bonds is 7. The number of ether oxygens (including phenoxy) is 1. The highest BCUT2D eigenvalue weighted by molar-refractivity contribution is 6.05. The van der Waals surface area contributed by atoms with Crippen LogP contribution in [0.15, 0.2) is 22.8 Å². The summed E-state index contributed by atoms with van der Waals surface area (Å²) in [5, 5.41) is 0. The van der Waals surface area contributed by atoms with E-state index in [-0.39, 0.29) is 18.0 Å². The van der Waals surface area contributed by atoms with Gasteiger partial charge < -0.3 is 14.1 Å². The van der Waals surface area contributed by atoms with Crippen LogP contribution in [-0.2, 0) is 16.0 Å². The van der Waals surface area contributed by atoms with E-state index < -0.39 is 12.1 Å². The average Bonchev–Trinajstić information content (AvgIpc) is 3.12. The largest absolute Gasteiger partial charge is 0.469 e. The van der Waals surface area contributed by atoms with E-state index in [4.69, 9.17) is 9.15 Å². The maximum atomic E-state index is 12.5. The lowest BCUT2D eigenvalue weighted by Gasteiger charge is -2.12. The van der Waals surface area contributed by atoms with Crippen LogP contribution in [0, 0.1) is 13.8 Å². The number of furan rings is 1. The van der Waals surface area contributed by atoms with Gasteiger partial charge in [0.25, 0.3) is 0 Å². The van der Waals surface area contributed by atoms with Crippen molar-refractivity contribution in [2.24, 2.45) is 0 Å². The van der Waals surface area contributed by atoms with Crippen molar-refractivity contribution >= 4 is 17.5 Å². The summed E-state index contributed by atoms with van der Waals surface area (Å²) >= 11 is 0. The molecule has 24 heavy (non-hydrogen) atoms. The molecule has 0 aliphatic rings. The lowest BCUT2D eigenvalue weighted by atomic mass is 10.0. The third kappa shape index (κ3) is 3.82. The van der Waals surface area contributed by atoms with Gasteiger partial charge in [-0.2, -0.15) is 0 Å². The number of ketones is 2. The number of aryl methyl sites for hydroxylation is 2. The summed E-state index contributed by atoms with van der Waals surface area (Å²) in [4.78, 5) is 38.9. The van der Waals surface area contributed by atoms with Gasteiger partial charge in [-0.05, 0) is 45.4 Å². The van der Waals surface area contributed by atoms with Crippen LogP contribution in [0.1, 0.15) is 58.1 Å². The molecule has 128 valence electrons. The first-order valence-electron chi connectivity index (χ1n) is 7.77. The van der Waals surface area contributed by atoms with E-state index in [0.717, 1.165) is 0 Å². The topological polar surface area (TPSA) is 89.4 Å². The fraction of sp³-hybridized carbons (Fsp3) is 0.389. The fourth-order valence-electron chi connectivity index (χ4n) is 2.72. The number of nitrogens with one attached hydrogen (secondary N) is 1. The molecule has 0 fully saturated rings. The maximum Gasteiger partial charge on any atom is 0.306 e. The third-order valence-electron chi connectivity index (χ3n) is 3.87. The zero-order chi connectivity index (χ0) is 17.9. The molecule has 0 aliphatic carbocycles. The summed E-state index contributed by atoms with van der Waals surface area (Å²) in [6.07, 6.45) is 1.16. The van der Waals surface area contributed by atoms with Gasteiger partial charge in [0.05, 0.1) is 18.4 Å². The van der Waals surface area contributed by atoms with Gasteiger partial charge in [-0.3, -0.25) is 14.4 Å². The second-order valence-corrected chi connectivity index (χ2v) is 5.76. The monoisotopic (exact) mass is 331 g/mol. The van der Waals surface area contributed by atoms with Crippen LogP contribution in [0.25, 0.3) is 0 Å². The molecule has 0 amide bonds. The Balaban J connectivity index is 2.00. The van der Waals surface area contributed by atoms with E-state index in [9.17, 15) is 14.4 Å². The van der Waals surface area contributed by atoms with Crippen LogP contribution in [0.3, 0.4) is 0 Å². The predicted molar refractivity (Wildman–Crippen MR) is 87.2 cm³/mol. The van der Waals surface area contributed by atoms with Gasteiger partial charge in [-0.25, -0.2) is 0 Å². The number of hydrogen-bond acceptors (Lipinski definition) is 5. The van der Waals surface area contributed by atoms with E-state index in [1.54, 1.807) is 26.0 Å². The molecule has 0 bridgehead atoms. The van der Waals surface area contributed by atoms with E-state index in [0.29, 0.717) is 34.7 Å². The molecule has 1 atom stereocenters. The summed E-state index contributed by atoms with van der Waals surface area (Å²) in [6.45, 7) is 6.42. The number of Topliss-reactive ketones (excluding diaryl/α,β-unsaturated/α-hetero) is 2. The molecule has 0 saturated carbocycles. The highest BCUT2D eigenvalue weighted by atomic mass is 16.5. The first-order chi connectivity index (χ1) is 11.3.